The van der Waals surface area contributed by atoms with Crippen molar-refractivity contribution < 1.29 is 4.42 Å². The zero-order valence-corrected chi connectivity index (χ0v) is 12.9. The molecule has 2 aromatic rings. The van der Waals surface area contributed by atoms with Crippen molar-refractivity contribution in [2.75, 3.05) is 0 Å². The summed E-state index contributed by atoms with van der Waals surface area (Å²) in [4.78, 5) is 12.0. The molecule has 0 radical (unpaired) electrons. The van der Waals surface area contributed by atoms with Crippen LogP contribution in [0.4, 0.5) is 0 Å². The maximum absolute atomic E-state index is 12.0. The number of fused-ring (bicyclic) bond motifs is 2. The molecule has 0 N–H and O–H groups in total. The number of rotatable bonds is 0. The molecule has 0 bridgehead atoms. The fourth-order valence-electron chi connectivity index (χ4n) is 2.96. The zero-order chi connectivity index (χ0) is 15.1. The molecule has 106 valence electrons. The Balaban J connectivity index is 2.58. The Hall–Kier alpha value is -2.27. The highest BCUT2D eigenvalue weighted by atomic mass is 16.4. The normalized spacial score (nSPS) is 13.3. The molecule has 1 aliphatic carbocycles. The summed E-state index contributed by atoms with van der Waals surface area (Å²) in [7, 11) is 0. The molecule has 0 fully saturated rings. The minimum absolute atomic E-state index is 0.253. The molecule has 2 heteroatoms. The van der Waals surface area contributed by atoms with Crippen LogP contribution < -0.4 is 5.63 Å². The Bertz CT molecular complexity index is 900. The molecule has 21 heavy (non-hydrogen) atoms. The molecule has 1 heterocycles. The van der Waals surface area contributed by atoms with E-state index in [1.54, 1.807) is 0 Å². The summed E-state index contributed by atoms with van der Waals surface area (Å²) in [5.74, 6) is 6.45. The van der Waals surface area contributed by atoms with E-state index in [0.717, 1.165) is 46.0 Å². The summed E-state index contributed by atoms with van der Waals surface area (Å²) in [5.41, 5.74) is 6.37. The number of allylic oxidation sites excluding steroid dienone is 1. The average Bonchev–Trinajstić information content (AvgIpc) is 2.42. The standard InChI is InChI=1S/C19H18O2/c1-11-12(2)19(20)21-18-14(4)16-10-8-6-5-7-9-15(16)13(3)17(11)18/h7,9H,5-6H2,1-4H3. The lowest BCUT2D eigenvalue weighted by molar-refractivity contribution is 0.551. The van der Waals surface area contributed by atoms with Crippen LogP contribution in [0.1, 0.15) is 46.2 Å². The minimum Gasteiger partial charge on any atom is -0.422 e. The molecule has 1 aliphatic rings. The highest BCUT2D eigenvalue weighted by Crippen LogP contribution is 2.33. The van der Waals surface area contributed by atoms with Crippen LogP contribution in [-0.4, -0.2) is 0 Å². The lowest BCUT2D eigenvalue weighted by Crippen LogP contribution is -2.08. The van der Waals surface area contributed by atoms with Crippen molar-refractivity contribution >= 4 is 17.0 Å². The first kappa shape index (κ1) is 13.7. The molecule has 0 saturated heterocycles. The number of hydrogen-bond donors (Lipinski definition) is 0. The van der Waals surface area contributed by atoms with E-state index in [1.807, 2.05) is 20.8 Å². The third-order valence-corrected chi connectivity index (χ3v) is 4.36. The van der Waals surface area contributed by atoms with Gasteiger partial charge in [0, 0.05) is 28.5 Å². The summed E-state index contributed by atoms with van der Waals surface area (Å²) in [6.07, 6.45) is 6.17. The van der Waals surface area contributed by atoms with E-state index in [4.69, 9.17) is 4.42 Å². The molecule has 0 amide bonds. The van der Waals surface area contributed by atoms with E-state index in [2.05, 4.69) is 30.9 Å². The van der Waals surface area contributed by atoms with Gasteiger partial charge in [0.2, 0.25) is 0 Å². The SMILES string of the molecule is Cc1c(C)c2c(C)c3c(c(C)c2oc1=O)C#CCCC=C3. The summed E-state index contributed by atoms with van der Waals surface area (Å²) in [5, 5.41) is 1.05. The van der Waals surface area contributed by atoms with Crippen LogP contribution in [0.25, 0.3) is 17.0 Å². The Morgan fingerprint density at radius 3 is 2.57 bits per heavy atom. The molecule has 0 spiro atoms. The van der Waals surface area contributed by atoms with E-state index < -0.39 is 0 Å². The second kappa shape index (κ2) is 4.93. The van der Waals surface area contributed by atoms with Crippen molar-refractivity contribution in [1.82, 2.24) is 0 Å². The average molecular weight is 278 g/mol. The van der Waals surface area contributed by atoms with E-state index in [0.29, 0.717) is 11.1 Å². The van der Waals surface area contributed by atoms with Crippen molar-refractivity contribution in [2.45, 2.75) is 40.5 Å². The molecule has 2 nitrogen and oxygen atoms in total. The first-order chi connectivity index (χ1) is 10.0. The third-order valence-electron chi connectivity index (χ3n) is 4.36. The summed E-state index contributed by atoms with van der Waals surface area (Å²) in [6, 6.07) is 0. The third kappa shape index (κ3) is 2.01. The molecule has 0 aliphatic heterocycles. The Morgan fingerprint density at radius 2 is 1.81 bits per heavy atom. The number of hydrogen-bond acceptors (Lipinski definition) is 2. The summed E-state index contributed by atoms with van der Waals surface area (Å²) in [6.45, 7) is 7.89. The first-order valence-corrected chi connectivity index (χ1v) is 7.25. The predicted molar refractivity (Wildman–Crippen MR) is 86.6 cm³/mol. The van der Waals surface area contributed by atoms with Crippen LogP contribution in [0.3, 0.4) is 0 Å². The van der Waals surface area contributed by atoms with Crippen molar-refractivity contribution in [1.29, 1.82) is 0 Å². The molecule has 0 unspecified atom stereocenters. The van der Waals surface area contributed by atoms with Crippen LogP contribution >= 0.6 is 0 Å². The van der Waals surface area contributed by atoms with E-state index in [9.17, 15) is 4.79 Å². The van der Waals surface area contributed by atoms with Gasteiger partial charge in [-0.25, -0.2) is 4.79 Å². The van der Waals surface area contributed by atoms with Gasteiger partial charge < -0.3 is 4.42 Å². The fourth-order valence-corrected chi connectivity index (χ4v) is 2.96. The smallest absolute Gasteiger partial charge is 0.339 e. The van der Waals surface area contributed by atoms with Gasteiger partial charge in [0.1, 0.15) is 5.58 Å². The van der Waals surface area contributed by atoms with Crippen LogP contribution in [-0.2, 0) is 0 Å². The van der Waals surface area contributed by atoms with Crippen LogP contribution in [0.5, 0.6) is 0 Å². The van der Waals surface area contributed by atoms with Gasteiger partial charge in [-0.2, -0.15) is 0 Å². The minimum atomic E-state index is -0.253. The van der Waals surface area contributed by atoms with Crippen molar-refractivity contribution in [3.8, 4) is 11.8 Å². The van der Waals surface area contributed by atoms with Gasteiger partial charge in [-0.3, -0.25) is 0 Å². The summed E-state index contributed by atoms with van der Waals surface area (Å²) >= 11 is 0. The van der Waals surface area contributed by atoms with Gasteiger partial charge in [-0.1, -0.05) is 24.0 Å². The largest absolute Gasteiger partial charge is 0.422 e. The highest BCUT2D eigenvalue weighted by Gasteiger charge is 2.18. The summed E-state index contributed by atoms with van der Waals surface area (Å²) < 4.78 is 5.58. The van der Waals surface area contributed by atoms with Crippen molar-refractivity contribution in [3.05, 3.63) is 49.9 Å². The topological polar surface area (TPSA) is 30.2 Å². The van der Waals surface area contributed by atoms with Gasteiger partial charge in [-0.05, 0) is 50.8 Å². The molecule has 3 rings (SSSR count). The Labute approximate surface area is 124 Å². The molecule has 0 atom stereocenters. The second-order valence-corrected chi connectivity index (χ2v) is 5.63. The first-order valence-electron chi connectivity index (χ1n) is 7.25. The van der Waals surface area contributed by atoms with Crippen molar-refractivity contribution in [2.24, 2.45) is 0 Å². The molecule has 1 aromatic heterocycles. The monoisotopic (exact) mass is 278 g/mol. The molecular weight excluding hydrogens is 260 g/mol. The quantitative estimate of drug-likeness (QED) is 0.534. The zero-order valence-electron chi connectivity index (χ0n) is 12.9. The molecule has 1 aromatic carbocycles. The van der Waals surface area contributed by atoms with E-state index >= 15 is 0 Å². The van der Waals surface area contributed by atoms with Crippen LogP contribution in [0.2, 0.25) is 0 Å². The maximum Gasteiger partial charge on any atom is 0.339 e. The number of benzene rings is 1. The van der Waals surface area contributed by atoms with Gasteiger partial charge >= 0.3 is 5.63 Å². The Kier molecular flexibility index (Phi) is 3.22. The van der Waals surface area contributed by atoms with Crippen LogP contribution in [0.15, 0.2) is 15.3 Å². The van der Waals surface area contributed by atoms with Gasteiger partial charge in [0.15, 0.2) is 0 Å². The predicted octanol–water partition coefficient (Wildman–Crippen LogP) is 4.19. The lowest BCUT2D eigenvalue weighted by atomic mass is 9.90. The van der Waals surface area contributed by atoms with Gasteiger partial charge in [-0.15, -0.1) is 0 Å². The highest BCUT2D eigenvalue weighted by molar-refractivity contribution is 5.92. The number of aryl methyl sites for hydroxylation is 3. The molecular formula is C19H18O2. The van der Waals surface area contributed by atoms with E-state index in [1.165, 1.54) is 0 Å². The van der Waals surface area contributed by atoms with Crippen LogP contribution in [0, 0.1) is 39.5 Å². The lowest BCUT2D eigenvalue weighted by Gasteiger charge is -2.15. The van der Waals surface area contributed by atoms with E-state index in [-0.39, 0.29) is 5.63 Å². The van der Waals surface area contributed by atoms with Gasteiger partial charge in [0.25, 0.3) is 0 Å². The molecule has 0 saturated carbocycles. The second-order valence-electron chi connectivity index (χ2n) is 5.63. The van der Waals surface area contributed by atoms with Gasteiger partial charge in [0.05, 0.1) is 0 Å². The Morgan fingerprint density at radius 1 is 1.05 bits per heavy atom. The van der Waals surface area contributed by atoms with Crippen molar-refractivity contribution in [3.63, 3.8) is 0 Å². The maximum atomic E-state index is 12.0. The fraction of sp³-hybridized carbons (Fsp3) is 0.316.